The van der Waals surface area contributed by atoms with Crippen molar-refractivity contribution in [1.29, 1.82) is 0 Å². The summed E-state index contributed by atoms with van der Waals surface area (Å²) >= 11 is 1.78. The van der Waals surface area contributed by atoms with Crippen molar-refractivity contribution >= 4 is 39.1 Å². The molecule has 30 heavy (non-hydrogen) atoms. The van der Waals surface area contributed by atoms with Gasteiger partial charge in [-0.25, -0.2) is 4.98 Å². The third-order valence-electron chi connectivity index (χ3n) is 5.31. The summed E-state index contributed by atoms with van der Waals surface area (Å²) in [4.78, 5) is 20.5. The number of likely N-dealkylation sites (tertiary alicyclic amines) is 1. The zero-order valence-electron chi connectivity index (χ0n) is 16.7. The fourth-order valence-electron chi connectivity index (χ4n) is 3.84. The topological polar surface area (TPSA) is 92.8 Å². The average Bonchev–Trinajstić information content (AvgIpc) is 3.35. The highest BCUT2D eigenvalue weighted by molar-refractivity contribution is 7.18. The molecule has 1 atom stereocenters. The van der Waals surface area contributed by atoms with Crippen molar-refractivity contribution in [1.82, 2.24) is 24.8 Å². The van der Waals surface area contributed by atoms with Gasteiger partial charge in [0.1, 0.15) is 10.8 Å². The van der Waals surface area contributed by atoms with Gasteiger partial charge in [-0.15, -0.1) is 11.3 Å². The Labute approximate surface area is 179 Å². The Balaban J connectivity index is 1.36. The molecule has 2 aromatic carbocycles. The number of nitrogen functional groups attached to an aromatic ring is 1. The minimum atomic E-state index is 0.227. The number of thiazole rings is 1. The number of nitrogens with zero attached hydrogens (tertiary/aromatic N) is 5. The maximum atomic E-state index is 5.98. The second-order valence-corrected chi connectivity index (χ2v) is 8.64. The van der Waals surface area contributed by atoms with Crippen LogP contribution in [-0.2, 0) is 6.54 Å². The van der Waals surface area contributed by atoms with E-state index in [4.69, 9.17) is 10.7 Å². The molecule has 1 aliphatic rings. The van der Waals surface area contributed by atoms with Crippen LogP contribution in [0.2, 0.25) is 0 Å². The van der Waals surface area contributed by atoms with E-state index in [-0.39, 0.29) is 12.0 Å². The van der Waals surface area contributed by atoms with Crippen LogP contribution < -0.4 is 11.1 Å². The lowest BCUT2D eigenvalue weighted by atomic mass is 10.2. The first-order valence-corrected chi connectivity index (χ1v) is 10.9. The number of hydrogen-bond donors (Lipinski definition) is 2. The molecule has 0 amide bonds. The summed E-state index contributed by atoms with van der Waals surface area (Å²) in [6.07, 6.45) is 2.23. The van der Waals surface area contributed by atoms with Gasteiger partial charge in [0.25, 0.3) is 0 Å². The molecule has 1 fully saturated rings. The Morgan fingerprint density at radius 1 is 1.07 bits per heavy atom. The first-order chi connectivity index (χ1) is 14.6. The van der Waals surface area contributed by atoms with Crippen molar-refractivity contribution in [3.63, 3.8) is 0 Å². The lowest BCUT2D eigenvalue weighted by Gasteiger charge is -2.22. The quantitative estimate of drug-likeness (QED) is 0.495. The number of aryl methyl sites for hydroxylation is 1. The van der Waals surface area contributed by atoms with Gasteiger partial charge in [0.2, 0.25) is 11.9 Å². The van der Waals surface area contributed by atoms with E-state index in [1.807, 2.05) is 30.3 Å². The van der Waals surface area contributed by atoms with Gasteiger partial charge < -0.3 is 11.1 Å². The maximum Gasteiger partial charge on any atom is 0.232 e. The molecule has 0 unspecified atom stereocenters. The number of para-hydroxylation sites is 1. The smallest absolute Gasteiger partial charge is 0.232 e. The third-order valence-corrected chi connectivity index (χ3v) is 6.45. The van der Waals surface area contributed by atoms with Crippen LogP contribution >= 0.6 is 11.3 Å². The average molecular weight is 418 g/mol. The zero-order valence-corrected chi connectivity index (χ0v) is 17.6. The van der Waals surface area contributed by atoms with Crippen LogP contribution in [0.15, 0.2) is 48.5 Å². The Hall–Kier alpha value is -3.10. The fraction of sp³-hybridized carbons (Fsp3) is 0.273. The van der Waals surface area contributed by atoms with Crippen LogP contribution in [0.5, 0.6) is 0 Å². The normalized spacial score (nSPS) is 16.9. The van der Waals surface area contributed by atoms with Crippen molar-refractivity contribution in [2.24, 2.45) is 0 Å². The molecule has 3 N–H and O–H groups in total. The minimum absolute atomic E-state index is 0.227. The molecule has 1 saturated heterocycles. The van der Waals surface area contributed by atoms with Crippen LogP contribution in [-0.4, -0.2) is 31.4 Å². The lowest BCUT2D eigenvalue weighted by molar-refractivity contribution is 0.242. The minimum Gasteiger partial charge on any atom is -0.368 e. The molecule has 0 radical (unpaired) electrons. The van der Waals surface area contributed by atoms with Gasteiger partial charge >= 0.3 is 0 Å². The van der Waals surface area contributed by atoms with Crippen molar-refractivity contribution in [2.45, 2.75) is 32.4 Å². The number of nitrogens with one attached hydrogen (secondary N) is 1. The van der Waals surface area contributed by atoms with E-state index < -0.39 is 0 Å². The van der Waals surface area contributed by atoms with E-state index in [1.54, 1.807) is 11.3 Å². The van der Waals surface area contributed by atoms with Crippen molar-refractivity contribution < 1.29 is 0 Å². The molecule has 152 valence electrons. The monoisotopic (exact) mass is 417 g/mol. The zero-order chi connectivity index (χ0) is 20.5. The summed E-state index contributed by atoms with van der Waals surface area (Å²) in [6.45, 7) is 3.67. The van der Waals surface area contributed by atoms with Crippen LogP contribution in [0.3, 0.4) is 0 Å². The lowest BCUT2D eigenvalue weighted by Crippen LogP contribution is -2.24. The van der Waals surface area contributed by atoms with Crippen LogP contribution in [0.4, 0.5) is 17.6 Å². The number of nitrogens with two attached hydrogens (primary N) is 1. The van der Waals surface area contributed by atoms with E-state index in [2.05, 4.69) is 50.3 Å². The molecule has 0 spiro atoms. The Bertz CT molecular complexity index is 1140. The summed E-state index contributed by atoms with van der Waals surface area (Å²) in [7, 11) is 0. The van der Waals surface area contributed by atoms with E-state index in [0.717, 1.165) is 35.6 Å². The standard InChI is InChI=1S/C22H23N7S/c1-14-8-10-15(11-9-14)24-22-27-19(26-21(23)28-22)13-29-12-4-6-17(29)20-25-16-5-2-3-7-18(16)30-20/h2-3,5,7-11,17H,4,6,12-13H2,1H3,(H3,23,24,26,27,28)/t17-/m1/s1. The summed E-state index contributed by atoms with van der Waals surface area (Å²) in [6, 6.07) is 16.7. The number of benzene rings is 2. The molecule has 4 aromatic rings. The highest BCUT2D eigenvalue weighted by atomic mass is 32.1. The van der Waals surface area contributed by atoms with Gasteiger partial charge in [0, 0.05) is 5.69 Å². The summed E-state index contributed by atoms with van der Waals surface area (Å²) in [5.41, 5.74) is 9.17. The second kappa shape index (κ2) is 7.97. The van der Waals surface area contributed by atoms with Crippen LogP contribution in [0.1, 0.15) is 35.3 Å². The van der Waals surface area contributed by atoms with Crippen LogP contribution in [0, 0.1) is 6.92 Å². The summed E-state index contributed by atoms with van der Waals surface area (Å²) < 4.78 is 1.23. The molecule has 2 aromatic heterocycles. The number of rotatable bonds is 5. The SMILES string of the molecule is Cc1ccc(Nc2nc(N)nc(CN3CCC[C@@H]3c3nc4ccccc4s3)n2)cc1. The summed E-state index contributed by atoms with van der Waals surface area (Å²) in [5.74, 6) is 1.37. The molecule has 1 aliphatic heterocycles. The molecular formula is C22H23N7S. The van der Waals surface area contributed by atoms with Crippen molar-refractivity contribution in [2.75, 3.05) is 17.6 Å². The van der Waals surface area contributed by atoms with E-state index in [1.165, 1.54) is 10.3 Å². The highest BCUT2D eigenvalue weighted by Crippen LogP contribution is 2.37. The number of hydrogen-bond acceptors (Lipinski definition) is 8. The van der Waals surface area contributed by atoms with Gasteiger partial charge in [-0.05, 0) is 50.6 Å². The van der Waals surface area contributed by atoms with Gasteiger partial charge in [-0.3, -0.25) is 4.90 Å². The molecule has 3 heterocycles. The number of aromatic nitrogens is 4. The Kier molecular flexibility index (Phi) is 5.02. The van der Waals surface area contributed by atoms with Gasteiger partial charge in [0.05, 0.1) is 22.8 Å². The van der Waals surface area contributed by atoms with Gasteiger partial charge in [0.15, 0.2) is 0 Å². The molecular weight excluding hydrogens is 394 g/mol. The Morgan fingerprint density at radius 3 is 2.73 bits per heavy atom. The summed E-state index contributed by atoms with van der Waals surface area (Å²) in [5, 5.41) is 4.39. The molecule has 8 heteroatoms. The predicted octanol–water partition coefficient (Wildman–Crippen LogP) is 4.45. The maximum absolute atomic E-state index is 5.98. The number of fused-ring (bicyclic) bond motifs is 1. The molecule has 7 nitrogen and oxygen atoms in total. The van der Waals surface area contributed by atoms with Crippen molar-refractivity contribution in [3.8, 4) is 0 Å². The fourth-order valence-corrected chi connectivity index (χ4v) is 4.98. The van der Waals surface area contributed by atoms with E-state index in [9.17, 15) is 0 Å². The van der Waals surface area contributed by atoms with E-state index >= 15 is 0 Å². The van der Waals surface area contributed by atoms with Gasteiger partial charge in [-0.2, -0.15) is 15.0 Å². The number of anilines is 3. The first-order valence-electron chi connectivity index (χ1n) is 10.1. The van der Waals surface area contributed by atoms with E-state index in [0.29, 0.717) is 18.3 Å². The molecule has 0 aliphatic carbocycles. The Morgan fingerprint density at radius 2 is 1.90 bits per heavy atom. The highest BCUT2D eigenvalue weighted by Gasteiger charge is 2.29. The predicted molar refractivity (Wildman–Crippen MR) is 121 cm³/mol. The molecule has 0 saturated carbocycles. The third kappa shape index (κ3) is 3.96. The first kappa shape index (κ1) is 18.9. The molecule has 0 bridgehead atoms. The molecule has 5 rings (SSSR count). The van der Waals surface area contributed by atoms with Crippen molar-refractivity contribution in [3.05, 3.63) is 64.9 Å². The largest absolute Gasteiger partial charge is 0.368 e. The van der Waals surface area contributed by atoms with Crippen LogP contribution in [0.25, 0.3) is 10.2 Å². The van der Waals surface area contributed by atoms with Gasteiger partial charge in [-0.1, -0.05) is 29.8 Å². The second-order valence-electron chi connectivity index (χ2n) is 7.57.